The van der Waals surface area contributed by atoms with Gasteiger partial charge in [-0.25, -0.2) is 9.97 Å². The summed E-state index contributed by atoms with van der Waals surface area (Å²) >= 11 is 0. The van der Waals surface area contributed by atoms with Crippen LogP contribution in [0, 0.1) is 5.41 Å². The summed E-state index contributed by atoms with van der Waals surface area (Å²) in [7, 11) is 3.45. The molecule has 1 saturated heterocycles. The first-order valence-corrected chi connectivity index (χ1v) is 15.1. The molecular weight excluding hydrogens is 556 g/mol. The Hall–Kier alpha value is -4.35. The van der Waals surface area contributed by atoms with Gasteiger partial charge < -0.3 is 30.9 Å². The first-order chi connectivity index (χ1) is 21.1. The number of carbonyl (C=O) groups excluding carboxylic acids is 2. The van der Waals surface area contributed by atoms with Crippen molar-refractivity contribution in [3.63, 3.8) is 0 Å². The molecule has 0 saturated carbocycles. The molecule has 0 unspecified atom stereocenters. The number of para-hydroxylation sites is 1. The van der Waals surface area contributed by atoms with Crippen LogP contribution in [0.25, 0.3) is 21.8 Å². The second-order valence-electron chi connectivity index (χ2n) is 12.4. The summed E-state index contributed by atoms with van der Waals surface area (Å²) in [5.74, 6) is 0.717. The summed E-state index contributed by atoms with van der Waals surface area (Å²) in [6, 6.07) is 12.7. The van der Waals surface area contributed by atoms with E-state index in [4.69, 9.17) is 4.74 Å². The Kier molecular flexibility index (Phi) is 9.26. The van der Waals surface area contributed by atoms with Gasteiger partial charge in [0.1, 0.15) is 23.9 Å². The number of aromatic nitrogens is 3. The van der Waals surface area contributed by atoms with Gasteiger partial charge in [0.25, 0.3) is 0 Å². The number of amides is 2. The fourth-order valence-corrected chi connectivity index (χ4v) is 5.57. The van der Waals surface area contributed by atoms with Gasteiger partial charge in [-0.05, 0) is 50.4 Å². The highest BCUT2D eigenvalue weighted by atomic mass is 16.5. The molecule has 4 aromatic rings. The number of nitrogens with zero attached hydrogens (tertiary/aromatic N) is 4. The lowest BCUT2D eigenvalue weighted by Gasteiger charge is -2.36. The van der Waals surface area contributed by atoms with E-state index in [2.05, 4.69) is 43.1 Å². The second kappa shape index (κ2) is 13.1. The number of anilines is 3. The Bertz CT molecular complexity index is 1650. The van der Waals surface area contributed by atoms with E-state index in [1.807, 2.05) is 64.2 Å². The average Bonchev–Trinajstić information content (AvgIpc) is 3.51. The Morgan fingerprint density at radius 3 is 2.64 bits per heavy atom. The monoisotopic (exact) mass is 598 g/mol. The van der Waals surface area contributed by atoms with E-state index >= 15 is 0 Å². The SMILES string of the molecule is CN[C@@H](C)CN[C@H](C(=O)N1CCC[C@H]1C(=O)Nc1cc2c(Nc3cnc4ccccc4c3)ncnc2cc1OC)C(C)(C)C. The number of carbonyl (C=O) groups is 2. The van der Waals surface area contributed by atoms with Crippen LogP contribution in [0.4, 0.5) is 17.2 Å². The molecule has 3 heterocycles. The molecule has 0 bridgehead atoms. The smallest absolute Gasteiger partial charge is 0.247 e. The lowest BCUT2D eigenvalue weighted by atomic mass is 9.85. The van der Waals surface area contributed by atoms with Crippen LogP contribution in [-0.2, 0) is 9.59 Å². The van der Waals surface area contributed by atoms with Gasteiger partial charge in [-0.15, -0.1) is 0 Å². The van der Waals surface area contributed by atoms with Crippen molar-refractivity contribution < 1.29 is 14.3 Å². The molecule has 1 fully saturated rings. The fraction of sp³-hybridized carbons (Fsp3) is 0.424. The number of ether oxygens (including phenoxy) is 1. The second-order valence-corrected chi connectivity index (χ2v) is 12.4. The van der Waals surface area contributed by atoms with Crippen molar-refractivity contribution >= 4 is 50.8 Å². The summed E-state index contributed by atoms with van der Waals surface area (Å²) in [6.07, 6.45) is 4.58. The van der Waals surface area contributed by atoms with Crippen LogP contribution < -0.4 is 26.0 Å². The Morgan fingerprint density at radius 2 is 1.89 bits per heavy atom. The first-order valence-electron chi connectivity index (χ1n) is 15.1. The molecule has 1 aliphatic heterocycles. The number of fused-ring (bicyclic) bond motifs is 2. The number of likely N-dealkylation sites (tertiary alicyclic amines) is 1. The number of methoxy groups -OCH3 is 1. The third-order valence-electron chi connectivity index (χ3n) is 8.14. The Morgan fingerprint density at radius 1 is 1.09 bits per heavy atom. The molecule has 11 nitrogen and oxygen atoms in total. The van der Waals surface area contributed by atoms with Crippen LogP contribution in [0.3, 0.4) is 0 Å². The van der Waals surface area contributed by atoms with Gasteiger partial charge in [-0.2, -0.15) is 0 Å². The molecular formula is C33H42N8O3. The largest absolute Gasteiger partial charge is 0.494 e. The van der Waals surface area contributed by atoms with Gasteiger partial charge in [0.2, 0.25) is 11.8 Å². The molecule has 2 aromatic heterocycles. The minimum absolute atomic E-state index is 0.0622. The minimum atomic E-state index is -0.593. The van der Waals surface area contributed by atoms with Crippen LogP contribution in [0.5, 0.6) is 5.75 Å². The molecule has 2 aromatic carbocycles. The molecule has 1 aliphatic rings. The van der Waals surface area contributed by atoms with Crippen LogP contribution in [0.15, 0.2) is 55.0 Å². The maximum atomic E-state index is 13.9. The quantitative estimate of drug-likeness (QED) is 0.209. The van der Waals surface area contributed by atoms with Crippen molar-refractivity contribution in [2.75, 3.05) is 37.9 Å². The van der Waals surface area contributed by atoms with Crippen molar-refractivity contribution in [1.29, 1.82) is 0 Å². The van der Waals surface area contributed by atoms with Gasteiger partial charge in [-0.3, -0.25) is 14.6 Å². The third kappa shape index (κ3) is 6.74. The predicted molar refractivity (Wildman–Crippen MR) is 174 cm³/mol. The molecule has 4 N–H and O–H groups in total. The summed E-state index contributed by atoms with van der Waals surface area (Å²) in [5, 5.41) is 14.7. The van der Waals surface area contributed by atoms with Gasteiger partial charge in [0.05, 0.1) is 41.8 Å². The summed E-state index contributed by atoms with van der Waals surface area (Å²) in [6.45, 7) is 9.35. The zero-order valence-electron chi connectivity index (χ0n) is 26.3. The number of benzene rings is 2. The normalized spacial score (nSPS) is 16.6. The van der Waals surface area contributed by atoms with E-state index in [-0.39, 0.29) is 23.3 Å². The number of rotatable bonds is 10. The van der Waals surface area contributed by atoms with Gasteiger partial charge in [0, 0.05) is 36.0 Å². The molecule has 0 spiro atoms. The maximum absolute atomic E-state index is 13.9. The molecule has 5 rings (SSSR count). The predicted octanol–water partition coefficient (Wildman–Crippen LogP) is 4.47. The van der Waals surface area contributed by atoms with Crippen molar-refractivity contribution in [1.82, 2.24) is 30.5 Å². The minimum Gasteiger partial charge on any atom is -0.494 e. The van der Waals surface area contributed by atoms with Crippen molar-refractivity contribution in [3.8, 4) is 5.75 Å². The zero-order chi connectivity index (χ0) is 31.4. The maximum Gasteiger partial charge on any atom is 0.247 e. The standard InChI is InChI=1S/C33H42N8O3/c1-20(34-5)17-36-29(33(2,3)4)32(43)41-13-9-12-27(41)31(42)40-26-15-23-25(16-28(26)44-6)37-19-38-30(23)39-22-14-21-10-7-8-11-24(21)35-18-22/h7-8,10-11,14-16,18-20,27,29,34,36H,9,12-13,17H2,1-6H3,(H,40,42)(H,37,38,39)/t20-,27-,29+/m0/s1. The Labute approximate surface area is 258 Å². The van der Waals surface area contributed by atoms with Gasteiger partial charge >= 0.3 is 0 Å². The van der Waals surface area contributed by atoms with Crippen LogP contribution in [0.2, 0.25) is 0 Å². The molecule has 11 heteroatoms. The summed E-state index contributed by atoms with van der Waals surface area (Å²) < 4.78 is 5.64. The number of nitrogens with one attached hydrogen (secondary N) is 4. The van der Waals surface area contributed by atoms with Gasteiger partial charge in [-0.1, -0.05) is 39.0 Å². The average molecular weight is 599 g/mol. The fourth-order valence-electron chi connectivity index (χ4n) is 5.57. The topological polar surface area (TPSA) is 133 Å². The number of hydrogen-bond donors (Lipinski definition) is 4. The van der Waals surface area contributed by atoms with Crippen molar-refractivity contribution in [3.05, 3.63) is 55.0 Å². The van der Waals surface area contributed by atoms with Crippen LogP contribution in [0.1, 0.15) is 40.5 Å². The number of pyridine rings is 1. The molecule has 232 valence electrons. The van der Waals surface area contributed by atoms with E-state index in [1.165, 1.54) is 6.33 Å². The highest BCUT2D eigenvalue weighted by Gasteiger charge is 2.41. The Balaban J connectivity index is 1.39. The number of likely N-dealkylation sites (N-methyl/N-ethyl adjacent to an activating group) is 1. The highest BCUT2D eigenvalue weighted by molar-refractivity contribution is 6.03. The highest BCUT2D eigenvalue weighted by Crippen LogP contribution is 2.34. The zero-order valence-corrected chi connectivity index (χ0v) is 26.3. The molecule has 44 heavy (non-hydrogen) atoms. The van der Waals surface area contributed by atoms with E-state index in [0.29, 0.717) is 47.7 Å². The van der Waals surface area contributed by atoms with Crippen LogP contribution in [-0.4, -0.2) is 77.0 Å². The van der Waals surface area contributed by atoms with E-state index in [0.717, 1.165) is 23.0 Å². The van der Waals surface area contributed by atoms with E-state index in [1.54, 1.807) is 24.3 Å². The molecule has 2 amide bonds. The lowest BCUT2D eigenvalue weighted by molar-refractivity contribution is -0.140. The molecule has 0 aliphatic carbocycles. The van der Waals surface area contributed by atoms with E-state index in [9.17, 15) is 9.59 Å². The van der Waals surface area contributed by atoms with Crippen molar-refractivity contribution in [2.24, 2.45) is 5.41 Å². The number of hydrogen-bond acceptors (Lipinski definition) is 9. The van der Waals surface area contributed by atoms with E-state index < -0.39 is 12.1 Å². The van der Waals surface area contributed by atoms with Crippen molar-refractivity contribution in [2.45, 2.75) is 58.7 Å². The molecule has 0 radical (unpaired) electrons. The van der Waals surface area contributed by atoms with Gasteiger partial charge in [0.15, 0.2) is 0 Å². The lowest BCUT2D eigenvalue weighted by Crippen LogP contribution is -2.57. The third-order valence-corrected chi connectivity index (χ3v) is 8.14. The summed E-state index contributed by atoms with van der Waals surface area (Å²) in [4.78, 5) is 42.8. The first kappa shape index (κ1) is 31.1. The summed E-state index contributed by atoms with van der Waals surface area (Å²) in [5.41, 5.74) is 2.47. The molecule has 3 atom stereocenters. The van der Waals surface area contributed by atoms with Crippen LogP contribution >= 0.6 is 0 Å².